The van der Waals surface area contributed by atoms with E-state index in [0.717, 1.165) is 26.1 Å². The summed E-state index contributed by atoms with van der Waals surface area (Å²) in [6.07, 6.45) is 6.26. The van der Waals surface area contributed by atoms with E-state index in [1.807, 2.05) is 18.5 Å². The molecule has 0 aromatic carbocycles. The fraction of sp³-hybridized carbons (Fsp3) is 0.615. The summed E-state index contributed by atoms with van der Waals surface area (Å²) in [5.41, 5.74) is 1.35. The van der Waals surface area contributed by atoms with Crippen molar-refractivity contribution < 1.29 is 0 Å². The van der Waals surface area contributed by atoms with Crippen LogP contribution in [0, 0.1) is 0 Å². The predicted octanol–water partition coefficient (Wildman–Crippen LogP) is 1.83. The maximum absolute atomic E-state index is 4.23. The summed E-state index contributed by atoms with van der Waals surface area (Å²) in [6.45, 7) is 6.86. The molecule has 0 radical (unpaired) electrons. The van der Waals surface area contributed by atoms with Crippen molar-refractivity contribution in [3.8, 4) is 0 Å². The van der Waals surface area contributed by atoms with Crippen molar-refractivity contribution in [2.75, 3.05) is 26.2 Å². The van der Waals surface area contributed by atoms with E-state index in [1.165, 1.54) is 18.5 Å². The Bertz CT molecular complexity index is 291. The van der Waals surface area contributed by atoms with E-state index in [-0.39, 0.29) is 0 Å². The highest BCUT2D eigenvalue weighted by Crippen LogP contribution is 2.23. The largest absolute Gasteiger partial charge is 0.315 e. The third kappa shape index (κ3) is 2.80. The fourth-order valence-electron chi connectivity index (χ4n) is 2.46. The van der Waals surface area contributed by atoms with E-state index < -0.39 is 0 Å². The molecule has 0 aliphatic carbocycles. The maximum atomic E-state index is 4.23. The molecule has 88 valence electrons. The second kappa shape index (κ2) is 5.97. The Balaban J connectivity index is 2.09. The molecule has 1 saturated heterocycles. The molecule has 0 spiro atoms. The molecule has 1 fully saturated rings. The average Bonchev–Trinajstić information content (AvgIpc) is 2.61. The summed E-state index contributed by atoms with van der Waals surface area (Å²) in [5.74, 6) is 0. The van der Waals surface area contributed by atoms with Gasteiger partial charge in [-0.15, -0.1) is 0 Å². The number of rotatable bonds is 3. The lowest BCUT2D eigenvalue weighted by Gasteiger charge is -2.29. The second-order valence-electron chi connectivity index (χ2n) is 4.35. The Morgan fingerprint density at radius 3 is 3.12 bits per heavy atom. The fourth-order valence-corrected chi connectivity index (χ4v) is 2.46. The second-order valence-corrected chi connectivity index (χ2v) is 4.35. The summed E-state index contributed by atoms with van der Waals surface area (Å²) in [4.78, 5) is 6.81. The lowest BCUT2D eigenvalue weighted by Crippen LogP contribution is -2.32. The minimum absolute atomic E-state index is 0.536. The number of hydrogen-bond donors (Lipinski definition) is 1. The van der Waals surface area contributed by atoms with Gasteiger partial charge < -0.3 is 5.32 Å². The molecule has 1 unspecified atom stereocenters. The van der Waals surface area contributed by atoms with Crippen molar-refractivity contribution in [3.05, 3.63) is 30.1 Å². The zero-order valence-corrected chi connectivity index (χ0v) is 10.0. The van der Waals surface area contributed by atoms with Crippen LogP contribution in [0.3, 0.4) is 0 Å². The van der Waals surface area contributed by atoms with Crippen molar-refractivity contribution in [2.24, 2.45) is 0 Å². The van der Waals surface area contributed by atoms with Gasteiger partial charge >= 0.3 is 0 Å². The van der Waals surface area contributed by atoms with Crippen LogP contribution in [0.25, 0.3) is 0 Å². The predicted molar refractivity (Wildman–Crippen MR) is 66.3 cm³/mol. The van der Waals surface area contributed by atoms with Gasteiger partial charge in [0.2, 0.25) is 0 Å². The highest BCUT2D eigenvalue weighted by atomic mass is 15.2. The molecule has 1 N–H and O–H groups in total. The third-order valence-corrected chi connectivity index (χ3v) is 3.27. The van der Waals surface area contributed by atoms with E-state index in [2.05, 4.69) is 28.2 Å². The van der Waals surface area contributed by atoms with Gasteiger partial charge in [-0.1, -0.05) is 13.0 Å². The standard InChI is InChI=1S/C13H21N3/c1-2-13(12-5-3-6-15-11-12)16-9-4-7-14-8-10-16/h3,5-6,11,13-14H,2,4,7-10H2,1H3. The Labute approximate surface area is 97.9 Å². The zero-order valence-electron chi connectivity index (χ0n) is 10.0. The minimum atomic E-state index is 0.536. The first kappa shape index (κ1) is 11.6. The monoisotopic (exact) mass is 219 g/mol. The van der Waals surface area contributed by atoms with Crippen LogP contribution in [0.2, 0.25) is 0 Å². The number of aromatic nitrogens is 1. The Morgan fingerprint density at radius 2 is 2.38 bits per heavy atom. The summed E-state index contributed by atoms with van der Waals surface area (Å²) < 4.78 is 0. The van der Waals surface area contributed by atoms with Crippen LogP contribution in [-0.2, 0) is 0 Å². The number of nitrogens with zero attached hydrogens (tertiary/aromatic N) is 2. The van der Waals surface area contributed by atoms with Gasteiger partial charge in [0.05, 0.1) is 0 Å². The molecule has 2 heterocycles. The van der Waals surface area contributed by atoms with Crippen LogP contribution in [0.15, 0.2) is 24.5 Å². The smallest absolute Gasteiger partial charge is 0.0361 e. The van der Waals surface area contributed by atoms with Crippen molar-refractivity contribution in [1.82, 2.24) is 15.2 Å². The number of pyridine rings is 1. The van der Waals surface area contributed by atoms with Gasteiger partial charge in [0, 0.05) is 38.1 Å². The van der Waals surface area contributed by atoms with Crippen LogP contribution in [-0.4, -0.2) is 36.1 Å². The van der Waals surface area contributed by atoms with E-state index in [1.54, 1.807) is 0 Å². The van der Waals surface area contributed by atoms with Crippen LogP contribution >= 0.6 is 0 Å². The minimum Gasteiger partial charge on any atom is -0.315 e. The first-order valence-corrected chi connectivity index (χ1v) is 6.26. The molecule has 1 aromatic heterocycles. The van der Waals surface area contributed by atoms with E-state index >= 15 is 0 Å². The molecule has 3 nitrogen and oxygen atoms in total. The average molecular weight is 219 g/mol. The van der Waals surface area contributed by atoms with Crippen molar-refractivity contribution >= 4 is 0 Å². The lowest BCUT2D eigenvalue weighted by atomic mass is 10.0. The molecular weight excluding hydrogens is 198 g/mol. The van der Waals surface area contributed by atoms with E-state index in [4.69, 9.17) is 0 Å². The molecule has 1 aromatic rings. The van der Waals surface area contributed by atoms with Crippen molar-refractivity contribution in [2.45, 2.75) is 25.8 Å². The van der Waals surface area contributed by atoms with Gasteiger partial charge in [0.15, 0.2) is 0 Å². The summed E-state index contributed by atoms with van der Waals surface area (Å²) in [5, 5.41) is 3.45. The molecule has 0 saturated carbocycles. The van der Waals surface area contributed by atoms with Crippen molar-refractivity contribution in [3.63, 3.8) is 0 Å². The van der Waals surface area contributed by atoms with Crippen LogP contribution in [0.4, 0.5) is 0 Å². The normalized spacial score (nSPS) is 20.3. The molecule has 1 aliphatic heterocycles. The van der Waals surface area contributed by atoms with Crippen LogP contribution < -0.4 is 5.32 Å². The van der Waals surface area contributed by atoms with Gasteiger partial charge in [-0.25, -0.2) is 0 Å². The number of nitrogens with one attached hydrogen (secondary N) is 1. The molecule has 1 atom stereocenters. The van der Waals surface area contributed by atoms with E-state index in [0.29, 0.717) is 6.04 Å². The SMILES string of the molecule is CCC(c1cccnc1)N1CCCNCC1. The van der Waals surface area contributed by atoms with E-state index in [9.17, 15) is 0 Å². The van der Waals surface area contributed by atoms with Crippen LogP contribution in [0.5, 0.6) is 0 Å². The quantitative estimate of drug-likeness (QED) is 0.840. The van der Waals surface area contributed by atoms with Gasteiger partial charge in [0.1, 0.15) is 0 Å². The van der Waals surface area contributed by atoms with Gasteiger partial charge in [-0.3, -0.25) is 9.88 Å². The molecule has 0 bridgehead atoms. The van der Waals surface area contributed by atoms with Gasteiger partial charge in [-0.05, 0) is 31.0 Å². The highest BCUT2D eigenvalue weighted by Gasteiger charge is 2.19. The molecule has 16 heavy (non-hydrogen) atoms. The lowest BCUT2D eigenvalue weighted by molar-refractivity contribution is 0.205. The Kier molecular flexibility index (Phi) is 4.31. The Hall–Kier alpha value is -0.930. The summed E-state index contributed by atoms with van der Waals surface area (Å²) in [6, 6.07) is 4.77. The van der Waals surface area contributed by atoms with Crippen molar-refractivity contribution in [1.29, 1.82) is 0 Å². The van der Waals surface area contributed by atoms with Gasteiger partial charge in [0.25, 0.3) is 0 Å². The van der Waals surface area contributed by atoms with Crippen LogP contribution in [0.1, 0.15) is 31.4 Å². The zero-order chi connectivity index (χ0) is 11.2. The first-order valence-electron chi connectivity index (χ1n) is 6.26. The molecule has 1 aliphatic rings. The molecule has 0 amide bonds. The number of hydrogen-bond acceptors (Lipinski definition) is 3. The first-order chi connectivity index (χ1) is 7.92. The summed E-state index contributed by atoms with van der Waals surface area (Å²) >= 11 is 0. The molecule has 3 heteroatoms. The maximum Gasteiger partial charge on any atom is 0.0361 e. The highest BCUT2D eigenvalue weighted by molar-refractivity contribution is 5.14. The topological polar surface area (TPSA) is 28.2 Å². The molecule has 2 rings (SSSR count). The Morgan fingerprint density at radius 1 is 1.44 bits per heavy atom. The third-order valence-electron chi connectivity index (χ3n) is 3.27. The molecular formula is C13H21N3. The van der Waals surface area contributed by atoms with Gasteiger partial charge in [-0.2, -0.15) is 0 Å². The summed E-state index contributed by atoms with van der Waals surface area (Å²) in [7, 11) is 0.